The number of nitrogens with one attached hydrogen (secondary N) is 1. The molecular formula is C23H23FN4O2. The summed E-state index contributed by atoms with van der Waals surface area (Å²) in [5, 5.41) is 11.5. The first kappa shape index (κ1) is 19.8. The van der Waals surface area contributed by atoms with E-state index in [0.29, 0.717) is 11.4 Å². The Morgan fingerprint density at radius 2 is 1.83 bits per heavy atom. The van der Waals surface area contributed by atoms with E-state index in [4.69, 9.17) is 4.74 Å². The van der Waals surface area contributed by atoms with Gasteiger partial charge in [-0.25, -0.2) is 4.39 Å². The van der Waals surface area contributed by atoms with Gasteiger partial charge in [0.1, 0.15) is 11.6 Å². The van der Waals surface area contributed by atoms with Crippen molar-refractivity contribution in [1.29, 1.82) is 0 Å². The lowest BCUT2D eigenvalue weighted by Crippen LogP contribution is -2.30. The number of rotatable bonds is 6. The molecular weight excluding hydrogens is 383 g/mol. The van der Waals surface area contributed by atoms with Gasteiger partial charge in [0.2, 0.25) is 0 Å². The minimum absolute atomic E-state index is 0.210. The molecule has 1 fully saturated rings. The number of hydrogen-bond donors (Lipinski definition) is 1. The highest BCUT2D eigenvalue weighted by molar-refractivity contribution is 5.92. The number of carbonyl (C=O) groups excluding carboxylic acids is 1. The van der Waals surface area contributed by atoms with Crippen LogP contribution in [0, 0.1) is 5.82 Å². The molecule has 1 amide bonds. The van der Waals surface area contributed by atoms with Crippen LogP contribution >= 0.6 is 0 Å². The summed E-state index contributed by atoms with van der Waals surface area (Å²) in [6.07, 6.45) is 3.65. The Kier molecular flexibility index (Phi) is 6.17. The molecule has 0 aliphatic carbocycles. The number of aromatic nitrogens is 2. The number of amides is 1. The fourth-order valence-corrected chi connectivity index (χ4v) is 3.43. The van der Waals surface area contributed by atoms with Crippen LogP contribution < -0.4 is 15.0 Å². The van der Waals surface area contributed by atoms with Crippen LogP contribution in [-0.2, 0) is 4.79 Å². The number of halogens is 1. The predicted octanol–water partition coefficient (Wildman–Crippen LogP) is 4.29. The monoisotopic (exact) mass is 406 g/mol. The lowest BCUT2D eigenvalue weighted by molar-refractivity contribution is -0.118. The first-order valence-corrected chi connectivity index (χ1v) is 10.0. The average Bonchev–Trinajstić information content (AvgIpc) is 2.79. The van der Waals surface area contributed by atoms with E-state index in [1.165, 1.54) is 37.5 Å². The van der Waals surface area contributed by atoms with Gasteiger partial charge < -0.3 is 15.0 Å². The number of benzene rings is 2. The second-order valence-electron chi connectivity index (χ2n) is 7.20. The zero-order valence-corrected chi connectivity index (χ0v) is 16.6. The number of hydrogen-bond acceptors (Lipinski definition) is 5. The topological polar surface area (TPSA) is 67.3 Å². The fourth-order valence-electron chi connectivity index (χ4n) is 3.43. The molecule has 30 heavy (non-hydrogen) atoms. The molecule has 0 bridgehead atoms. The molecule has 1 aliphatic rings. The van der Waals surface area contributed by atoms with Crippen molar-refractivity contribution in [2.75, 3.05) is 29.9 Å². The van der Waals surface area contributed by atoms with E-state index in [0.717, 1.165) is 30.2 Å². The highest BCUT2D eigenvalue weighted by Gasteiger charge is 2.13. The molecule has 3 aromatic rings. The molecule has 0 spiro atoms. The summed E-state index contributed by atoms with van der Waals surface area (Å²) in [5.74, 6) is 0.469. The molecule has 1 N–H and O–H groups in total. The summed E-state index contributed by atoms with van der Waals surface area (Å²) in [6, 6.07) is 17.0. The molecule has 0 unspecified atom stereocenters. The highest BCUT2D eigenvalue weighted by Crippen LogP contribution is 2.23. The van der Waals surface area contributed by atoms with Gasteiger partial charge in [-0.1, -0.05) is 18.2 Å². The van der Waals surface area contributed by atoms with Crippen LogP contribution in [-0.4, -0.2) is 35.8 Å². The fraction of sp³-hybridized carbons (Fsp3) is 0.261. The van der Waals surface area contributed by atoms with Crippen molar-refractivity contribution >= 4 is 17.4 Å². The van der Waals surface area contributed by atoms with Crippen LogP contribution in [0.15, 0.2) is 60.7 Å². The molecule has 0 atom stereocenters. The molecule has 1 saturated heterocycles. The highest BCUT2D eigenvalue weighted by atomic mass is 19.1. The average molecular weight is 406 g/mol. The van der Waals surface area contributed by atoms with Crippen molar-refractivity contribution in [3.05, 3.63) is 66.5 Å². The van der Waals surface area contributed by atoms with Gasteiger partial charge in [0, 0.05) is 30.4 Å². The summed E-state index contributed by atoms with van der Waals surface area (Å²) < 4.78 is 18.5. The van der Waals surface area contributed by atoms with Crippen LogP contribution in [0.5, 0.6) is 5.75 Å². The zero-order valence-electron chi connectivity index (χ0n) is 16.6. The standard InChI is InChI=1S/C23H23FN4O2/c24-18-7-5-9-20(15-18)30-16-23(29)25-19-8-4-6-17(14-19)21-10-11-22(27-26-21)28-12-2-1-3-13-28/h4-11,14-15H,1-3,12-13,16H2,(H,25,29). The Morgan fingerprint density at radius 1 is 1.00 bits per heavy atom. The van der Waals surface area contributed by atoms with Gasteiger partial charge in [0.25, 0.3) is 5.91 Å². The second-order valence-corrected chi connectivity index (χ2v) is 7.20. The Balaban J connectivity index is 1.37. The molecule has 0 saturated carbocycles. The Bertz CT molecular complexity index is 1000. The number of anilines is 2. The smallest absolute Gasteiger partial charge is 0.262 e. The van der Waals surface area contributed by atoms with Gasteiger partial charge >= 0.3 is 0 Å². The summed E-state index contributed by atoms with van der Waals surface area (Å²) in [4.78, 5) is 14.4. The van der Waals surface area contributed by atoms with Gasteiger partial charge in [-0.15, -0.1) is 10.2 Å². The zero-order chi connectivity index (χ0) is 20.8. The maximum absolute atomic E-state index is 13.2. The van der Waals surface area contributed by atoms with Crippen molar-refractivity contribution in [2.24, 2.45) is 0 Å². The molecule has 4 rings (SSSR count). The lowest BCUT2D eigenvalue weighted by atomic mass is 10.1. The summed E-state index contributed by atoms with van der Waals surface area (Å²) in [7, 11) is 0. The van der Waals surface area contributed by atoms with Crippen molar-refractivity contribution < 1.29 is 13.9 Å². The van der Waals surface area contributed by atoms with E-state index >= 15 is 0 Å². The summed E-state index contributed by atoms with van der Waals surface area (Å²) in [6.45, 7) is 1.83. The molecule has 7 heteroatoms. The van der Waals surface area contributed by atoms with E-state index in [9.17, 15) is 9.18 Å². The minimum atomic E-state index is -0.409. The third-order valence-corrected chi connectivity index (χ3v) is 4.94. The number of nitrogens with zero attached hydrogens (tertiary/aromatic N) is 3. The van der Waals surface area contributed by atoms with E-state index < -0.39 is 5.82 Å². The van der Waals surface area contributed by atoms with Gasteiger partial charge in [-0.2, -0.15) is 0 Å². The quantitative estimate of drug-likeness (QED) is 0.661. The van der Waals surface area contributed by atoms with Crippen molar-refractivity contribution in [1.82, 2.24) is 10.2 Å². The lowest BCUT2D eigenvalue weighted by Gasteiger charge is -2.27. The predicted molar refractivity (Wildman–Crippen MR) is 114 cm³/mol. The van der Waals surface area contributed by atoms with E-state index in [2.05, 4.69) is 20.4 Å². The normalized spacial score (nSPS) is 13.7. The van der Waals surface area contributed by atoms with Gasteiger partial charge in [0.05, 0.1) is 5.69 Å². The molecule has 1 aromatic heterocycles. The van der Waals surface area contributed by atoms with Crippen LogP contribution in [0.2, 0.25) is 0 Å². The minimum Gasteiger partial charge on any atom is -0.484 e. The Hall–Kier alpha value is -3.48. The summed E-state index contributed by atoms with van der Waals surface area (Å²) >= 11 is 0. The van der Waals surface area contributed by atoms with Crippen molar-refractivity contribution in [3.63, 3.8) is 0 Å². The molecule has 2 heterocycles. The van der Waals surface area contributed by atoms with E-state index in [1.54, 1.807) is 12.1 Å². The van der Waals surface area contributed by atoms with Gasteiger partial charge in [-0.05, 0) is 55.7 Å². The van der Waals surface area contributed by atoms with Crippen molar-refractivity contribution in [3.8, 4) is 17.0 Å². The number of ether oxygens (including phenoxy) is 1. The van der Waals surface area contributed by atoms with Gasteiger partial charge in [0.15, 0.2) is 12.4 Å². The first-order chi connectivity index (χ1) is 14.7. The SMILES string of the molecule is O=C(COc1cccc(F)c1)Nc1cccc(-c2ccc(N3CCCCC3)nn2)c1. The Morgan fingerprint density at radius 3 is 2.60 bits per heavy atom. The van der Waals surface area contributed by atoms with Crippen molar-refractivity contribution in [2.45, 2.75) is 19.3 Å². The second kappa shape index (κ2) is 9.35. The molecule has 154 valence electrons. The third-order valence-electron chi connectivity index (χ3n) is 4.94. The molecule has 1 aliphatic heterocycles. The van der Waals surface area contributed by atoms with E-state index in [1.807, 2.05) is 30.3 Å². The van der Waals surface area contributed by atoms with Gasteiger partial charge in [-0.3, -0.25) is 4.79 Å². The van der Waals surface area contributed by atoms with Crippen LogP contribution in [0.3, 0.4) is 0 Å². The third kappa shape index (κ3) is 5.11. The maximum Gasteiger partial charge on any atom is 0.262 e. The number of piperidine rings is 1. The first-order valence-electron chi connectivity index (χ1n) is 10.0. The molecule has 2 aromatic carbocycles. The molecule has 6 nitrogen and oxygen atoms in total. The summed E-state index contributed by atoms with van der Waals surface area (Å²) in [5.41, 5.74) is 2.22. The van der Waals surface area contributed by atoms with Crippen LogP contribution in [0.4, 0.5) is 15.9 Å². The van der Waals surface area contributed by atoms with Crippen LogP contribution in [0.1, 0.15) is 19.3 Å². The Labute approximate surface area is 174 Å². The van der Waals surface area contributed by atoms with E-state index in [-0.39, 0.29) is 12.5 Å². The maximum atomic E-state index is 13.2. The number of carbonyl (C=O) groups is 1. The molecule has 0 radical (unpaired) electrons. The van der Waals surface area contributed by atoms with Crippen LogP contribution in [0.25, 0.3) is 11.3 Å². The largest absolute Gasteiger partial charge is 0.484 e.